The smallest absolute Gasteiger partial charge is 0.341 e. The van der Waals surface area contributed by atoms with E-state index >= 15 is 0 Å². The van der Waals surface area contributed by atoms with Gasteiger partial charge >= 0.3 is 11.9 Å². The van der Waals surface area contributed by atoms with Crippen molar-refractivity contribution in [2.75, 3.05) is 19.0 Å². The minimum absolute atomic E-state index is 0.0557. The van der Waals surface area contributed by atoms with Gasteiger partial charge in [-0.05, 0) is 25.1 Å². The molecule has 0 aromatic carbocycles. The van der Waals surface area contributed by atoms with Crippen molar-refractivity contribution in [2.24, 2.45) is 0 Å². The van der Waals surface area contributed by atoms with Gasteiger partial charge in [0, 0.05) is 17.1 Å². The Morgan fingerprint density at radius 1 is 1.31 bits per heavy atom. The molecule has 164 valence electrons. The number of hydrogen-bond donors (Lipinski definition) is 1. The first-order valence-electron chi connectivity index (χ1n) is 9.24. The molecule has 3 rings (SSSR count). The molecule has 0 bridgehead atoms. The van der Waals surface area contributed by atoms with Crippen LogP contribution in [0.25, 0.3) is 11.3 Å². The highest BCUT2D eigenvalue weighted by Crippen LogP contribution is 2.36. The molecule has 32 heavy (non-hydrogen) atoms. The Bertz CT molecular complexity index is 1270. The summed E-state index contributed by atoms with van der Waals surface area (Å²) in [7, 11) is 1.15. The summed E-state index contributed by atoms with van der Waals surface area (Å²) >= 11 is 1.08. The maximum absolute atomic E-state index is 12.7. The molecule has 0 spiro atoms. The van der Waals surface area contributed by atoms with Crippen molar-refractivity contribution in [1.29, 1.82) is 5.26 Å². The Kier molecular flexibility index (Phi) is 6.87. The number of carbonyl (C=O) groups is 3. The lowest BCUT2D eigenvalue weighted by Crippen LogP contribution is -2.30. The molecule has 11 heteroatoms. The van der Waals surface area contributed by atoms with Crippen LogP contribution in [0.15, 0.2) is 45.3 Å². The highest BCUT2D eigenvalue weighted by molar-refractivity contribution is 7.15. The largest absolute Gasteiger partial charge is 0.465 e. The number of ether oxygens (including phenoxy) is 2. The van der Waals surface area contributed by atoms with Crippen molar-refractivity contribution in [3.8, 4) is 17.4 Å². The number of carbonyl (C=O) groups excluding carboxylic acids is 3. The molecule has 0 saturated carbocycles. The summed E-state index contributed by atoms with van der Waals surface area (Å²) in [5, 5.41) is 13.6. The van der Waals surface area contributed by atoms with Crippen LogP contribution >= 0.6 is 11.3 Å². The van der Waals surface area contributed by atoms with Crippen LogP contribution in [-0.4, -0.2) is 36.1 Å². The molecule has 1 amide bonds. The molecule has 0 radical (unpaired) electrons. The van der Waals surface area contributed by atoms with E-state index < -0.39 is 29.9 Å². The average Bonchev–Trinajstić information content (AvgIpc) is 3.44. The zero-order chi connectivity index (χ0) is 23.3. The number of nitriles is 1. The summed E-state index contributed by atoms with van der Waals surface area (Å²) in [5.41, 5.74) is -0.550. The monoisotopic (exact) mass is 455 g/mol. The molecule has 3 aromatic heterocycles. The summed E-state index contributed by atoms with van der Waals surface area (Å²) in [5.74, 6) is -1.64. The van der Waals surface area contributed by atoms with E-state index in [1.54, 1.807) is 30.5 Å². The minimum atomic E-state index is -0.762. The topological polar surface area (TPSA) is 141 Å². The lowest BCUT2D eigenvalue weighted by Gasteiger charge is -2.10. The summed E-state index contributed by atoms with van der Waals surface area (Å²) in [6.07, 6.45) is 2.58. The third kappa shape index (κ3) is 4.60. The predicted octanol–water partition coefficient (Wildman–Crippen LogP) is 2.64. The highest BCUT2D eigenvalue weighted by atomic mass is 32.1. The van der Waals surface area contributed by atoms with E-state index in [0.717, 1.165) is 35.3 Å². The Labute approximate surface area is 185 Å². The Balaban J connectivity index is 1.92. The third-order valence-electron chi connectivity index (χ3n) is 4.25. The fourth-order valence-electron chi connectivity index (χ4n) is 2.85. The normalized spacial score (nSPS) is 10.3. The first-order chi connectivity index (χ1) is 15.4. The standard InChI is InChI=1S/C21H17N3O7S/c1-3-30-21(28)17-14(15-5-4-6-31-15)11-32-18(17)23-16(25)10-24-9-13(20(27)29-2)7-12(8-22)19(24)26/h4-7,9,11H,3,10H2,1-2H3,(H,23,25). The summed E-state index contributed by atoms with van der Waals surface area (Å²) in [6.45, 7) is 1.28. The van der Waals surface area contributed by atoms with Crippen LogP contribution in [0.1, 0.15) is 33.2 Å². The van der Waals surface area contributed by atoms with E-state index in [-0.39, 0.29) is 28.3 Å². The second-order valence-corrected chi connectivity index (χ2v) is 7.16. The van der Waals surface area contributed by atoms with Crippen LogP contribution in [0.3, 0.4) is 0 Å². The molecule has 3 aromatic rings. The molecule has 3 heterocycles. The number of nitrogens with one attached hydrogen (secondary N) is 1. The van der Waals surface area contributed by atoms with Gasteiger partial charge in [0.1, 0.15) is 34.5 Å². The van der Waals surface area contributed by atoms with E-state index in [0.29, 0.717) is 11.3 Å². The van der Waals surface area contributed by atoms with Crippen molar-refractivity contribution in [2.45, 2.75) is 13.5 Å². The van der Waals surface area contributed by atoms with Crippen molar-refractivity contribution in [1.82, 2.24) is 4.57 Å². The molecular weight excluding hydrogens is 438 g/mol. The Morgan fingerprint density at radius 2 is 2.09 bits per heavy atom. The first kappa shape index (κ1) is 22.5. The average molecular weight is 455 g/mol. The number of thiophene rings is 1. The molecule has 0 saturated heterocycles. The molecule has 0 aliphatic carbocycles. The van der Waals surface area contributed by atoms with Gasteiger partial charge in [-0.25, -0.2) is 9.59 Å². The Morgan fingerprint density at radius 3 is 2.72 bits per heavy atom. The van der Waals surface area contributed by atoms with E-state index in [4.69, 9.17) is 14.4 Å². The Hall–Kier alpha value is -4.17. The van der Waals surface area contributed by atoms with Gasteiger partial charge in [-0.2, -0.15) is 5.26 Å². The van der Waals surface area contributed by atoms with Gasteiger partial charge in [-0.3, -0.25) is 9.59 Å². The van der Waals surface area contributed by atoms with Gasteiger partial charge < -0.3 is 23.8 Å². The van der Waals surface area contributed by atoms with Crippen molar-refractivity contribution in [3.63, 3.8) is 0 Å². The van der Waals surface area contributed by atoms with Gasteiger partial charge in [-0.15, -0.1) is 11.3 Å². The van der Waals surface area contributed by atoms with Gasteiger partial charge in [-0.1, -0.05) is 0 Å². The number of anilines is 1. The number of methoxy groups -OCH3 is 1. The predicted molar refractivity (Wildman–Crippen MR) is 113 cm³/mol. The molecule has 0 unspecified atom stereocenters. The van der Waals surface area contributed by atoms with Gasteiger partial charge in [0.15, 0.2) is 0 Å². The maximum atomic E-state index is 12.7. The zero-order valence-electron chi connectivity index (χ0n) is 17.0. The van der Waals surface area contributed by atoms with Crippen molar-refractivity contribution in [3.05, 3.63) is 63.1 Å². The molecule has 0 aliphatic rings. The number of esters is 2. The van der Waals surface area contributed by atoms with E-state index in [2.05, 4.69) is 10.1 Å². The minimum Gasteiger partial charge on any atom is -0.465 e. The highest BCUT2D eigenvalue weighted by Gasteiger charge is 2.24. The van der Waals surface area contributed by atoms with Crippen LogP contribution < -0.4 is 10.9 Å². The van der Waals surface area contributed by atoms with Crippen LogP contribution in [0, 0.1) is 11.3 Å². The third-order valence-corrected chi connectivity index (χ3v) is 5.15. The second-order valence-electron chi connectivity index (χ2n) is 6.28. The van der Waals surface area contributed by atoms with Crippen LogP contribution in [-0.2, 0) is 20.8 Å². The quantitative estimate of drug-likeness (QED) is 0.536. The molecule has 1 N–H and O–H groups in total. The number of hydrogen-bond acceptors (Lipinski definition) is 9. The van der Waals surface area contributed by atoms with E-state index in [1.165, 1.54) is 6.26 Å². The molecule has 0 aliphatic heterocycles. The van der Waals surface area contributed by atoms with Crippen LogP contribution in [0.4, 0.5) is 5.00 Å². The van der Waals surface area contributed by atoms with E-state index in [9.17, 15) is 19.2 Å². The lowest BCUT2D eigenvalue weighted by molar-refractivity contribution is -0.116. The number of amides is 1. The number of rotatable bonds is 7. The molecule has 0 atom stereocenters. The zero-order valence-corrected chi connectivity index (χ0v) is 17.9. The summed E-state index contributed by atoms with van der Waals surface area (Å²) in [4.78, 5) is 49.4. The molecule has 0 fully saturated rings. The van der Waals surface area contributed by atoms with Crippen molar-refractivity contribution >= 4 is 34.2 Å². The second kappa shape index (κ2) is 9.76. The van der Waals surface area contributed by atoms with Crippen molar-refractivity contribution < 1.29 is 28.3 Å². The molecular formula is C21H17N3O7S. The molecule has 10 nitrogen and oxygen atoms in total. The fraction of sp³-hybridized carbons (Fsp3) is 0.190. The first-order valence-corrected chi connectivity index (χ1v) is 10.1. The van der Waals surface area contributed by atoms with E-state index in [1.807, 2.05) is 0 Å². The summed E-state index contributed by atoms with van der Waals surface area (Å²) < 4.78 is 16.0. The van der Waals surface area contributed by atoms with Crippen LogP contribution in [0.5, 0.6) is 0 Å². The van der Waals surface area contributed by atoms with Gasteiger partial charge in [0.25, 0.3) is 5.56 Å². The SMILES string of the molecule is CCOC(=O)c1c(-c2ccco2)csc1NC(=O)Cn1cc(C(=O)OC)cc(C#N)c1=O. The number of furan rings is 1. The van der Waals surface area contributed by atoms with Gasteiger partial charge in [0.05, 0.1) is 25.5 Å². The number of aromatic nitrogens is 1. The maximum Gasteiger partial charge on any atom is 0.341 e. The van der Waals surface area contributed by atoms with Gasteiger partial charge in [0.2, 0.25) is 5.91 Å². The number of pyridine rings is 1. The number of nitrogens with zero attached hydrogens (tertiary/aromatic N) is 2. The lowest BCUT2D eigenvalue weighted by atomic mass is 10.1. The summed E-state index contributed by atoms with van der Waals surface area (Å²) in [6, 6.07) is 6.11. The fourth-order valence-corrected chi connectivity index (χ4v) is 3.81. The van der Waals surface area contributed by atoms with Crippen LogP contribution in [0.2, 0.25) is 0 Å².